The maximum absolute atomic E-state index is 11.5. The molecular formula is C11H14Cl2O5S2. The average Bonchev–Trinajstić information content (AvgIpc) is 2.29. The van der Waals surface area contributed by atoms with E-state index in [-0.39, 0.29) is 33.8 Å². The summed E-state index contributed by atoms with van der Waals surface area (Å²) in [6, 6.07) is 3.73. The molecule has 5 nitrogen and oxygen atoms in total. The molecule has 0 saturated carbocycles. The van der Waals surface area contributed by atoms with E-state index in [1.807, 2.05) is 0 Å². The standard InChI is InChI=1S/C11H14Cl2O5S2/c1-2-6-19(14,15)7-5-18-11-4-3-9(8-10(11)12)20(13,16)17/h3-4,8H,2,5-7H2,1H3. The summed E-state index contributed by atoms with van der Waals surface area (Å²) in [5, 5.41) is 0.0552. The van der Waals surface area contributed by atoms with Crippen molar-refractivity contribution in [1.82, 2.24) is 0 Å². The first-order valence-electron chi connectivity index (χ1n) is 5.73. The number of hydrogen-bond donors (Lipinski definition) is 0. The van der Waals surface area contributed by atoms with Gasteiger partial charge in [0.05, 0.1) is 21.4 Å². The molecule has 20 heavy (non-hydrogen) atoms. The third-order valence-corrected chi connectivity index (χ3v) is 5.82. The van der Waals surface area contributed by atoms with E-state index in [2.05, 4.69) is 0 Å². The summed E-state index contributed by atoms with van der Waals surface area (Å²) >= 11 is 5.85. The number of halogens is 2. The van der Waals surface area contributed by atoms with E-state index in [0.29, 0.717) is 6.42 Å². The Morgan fingerprint density at radius 2 is 1.80 bits per heavy atom. The van der Waals surface area contributed by atoms with Crippen LogP contribution in [-0.4, -0.2) is 34.9 Å². The summed E-state index contributed by atoms with van der Waals surface area (Å²) in [5.74, 6) is 0.197. The predicted octanol–water partition coefficient (Wildman–Crippen LogP) is 2.47. The van der Waals surface area contributed by atoms with Crippen LogP contribution in [0.5, 0.6) is 5.75 Å². The van der Waals surface area contributed by atoms with Crippen LogP contribution in [0.15, 0.2) is 23.1 Å². The highest BCUT2D eigenvalue weighted by atomic mass is 35.7. The van der Waals surface area contributed by atoms with E-state index in [0.717, 1.165) is 6.07 Å². The van der Waals surface area contributed by atoms with E-state index in [4.69, 9.17) is 27.0 Å². The lowest BCUT2D eigenvalue weighted by Crippen LogP contribution is -2.16. The predicted molar refractivity (Wildman–Crippen MR) is 78.9 cm³/mol. The van der Waals surface area contributed by atoms with Gasteiger partial charge in [0, 0.05) is 10.7 Å². The van der Waals surface area contributed by atoms with Gasteiger partial charge in [-0.2, -0.15) is 0 Å². The molecule has 0 N–H and O–H groups in total. The lowest BCUT2D eigenvalue weighted by atomic mass is 10.3. The summed E-state index contributed by atoms with van der Waals surface area (Å²) in [5.41, 5.74) is 0. The van der Waals surface area contributed by atoms with Gasteiger partial charge in [-0.3, -0.25) is 0 Å². The second kappa shape index (κ2) is 6.98. The Hall–Kier alpha value is -0.500. The third kappa shape index (κ3) is 5.47. The summed E-state index contributed by atoms with van der Waals surface area (Å²) in [6.07, 6.45) is 0.547. The SMILES string of the molecule is CCCS(=O)(=O)CCOc1ccc(S(=O)(=O)Cl)cc1Cl. The molecule has 0 unspecified atom stereocenters. The summed E-state index contributed by atoms with van der Waals surface area (Å²) < 4.78 is 50.4. The first kappa shape index (κ1) is 17.6. The summed E-state index contributed by atoms with van der Waals surface area (Å²) in [6.45, 7) is 1.73. The van der Waals surface area contributed by atoms with Gasteiger partial charge in [0.2, 0.25) is 0 Å². The van der Waals surface area contributed by atoms with Crippen LogP contribution in [0, 0.1) is 0 Å². The number of rotatable bonds is 7. The van der Waals surface area contributed by atoms with Crippen molar-refractivity contribution in [3.8, 4) is 5.75 Å². The molecule has 0 aromatic heterocycles. The molecule has 9 heteroatoms. The maximum atomic E-state index is 11.5. The molecule has 0 aliphatic rings. The second-order valence-corrected chi connectivity index (χ2v) is 9.31. The highest BCUT2D eigenvalue weighted by Gasteiger charge is 2.14. The van der Waals surface area contributed by atoms with Crippen molar-refractivity contribution in [2.45, 2.75) is 18.2 Å². The van der Waals surface area contributed by atoms with Crippen molar-refractivity contribution in [1.29, 1.82) is 0 Å². The Labute approximate surface area is 128 Å². The zero-order valence-electron chi connectivity index (χ0n) is 10.7. The van der Waals surface area contributed by atoms with Crippen molar-refractivity contribution in [2.75, 3.05) is 18.1 Å². The molecule has 1 aromatic carbocycles. The smallest absolute Gasteiger partial charge is 0.261 e. The van der Waals surface area contributed by atoms with E-state index in [1.165, 1.54) is 12.1 Å². The van der Waals surface area contributed by atoms with Crippen LogP contribution in [0.4, 0.5) is 0 Å². The molecular weight excluding hydrogens is 347 g/mol. The molecule has 0 aliphatic heterocycles. The van der Waals surface area contributed by atoms with Crippen molar-refractivity contribution >= 4 is 41.2 Å². The van der Waals surface area contributed by atoms with E-state index >= 15 is 0 Å². The monoisotopic (exact) mass is 360 g/mol. The van der Waals surface area contributed by atoms with Crippen LogP contribution < -0.4 is 4.74 Å². The number of sulfone groups is 1. The lowest BCUT2D eigenvalue weighted by Gasteiger charge is -2.09. The molecule has 114 valence electrons. The largest absolute Gasteiger partial charge is 0.491 e. The minimum atomic E-state index is -3.86. The second-order valence-electron chi connectivity index (χ2n) is 4.03. The third-order valence-electron chi connectivity index (χ3n) is 2.35. The topological polar surface area (TPSA) is 77.5 Å². The quantitative estimate of drug-likeness (QED) is 0.698. The molecule has 0 atom stereocenters. The molecule has 0 heterocycles. The van der Waals surface area contributed by atoms with Crippen LogP contribution >= 0.6 is 22.3 Å². The minimum Gasteiger partial charge on any atom is -0.491 e. The van der Waals surface area contributed by atoms with E-state index in [1.54, 1.807) is 6.92 Å². The fourth-order valence-corrected chi connectivity index (χ4v) is 3.68. The van der Waals surface area contributed by atoms with Gasteiger partial charge in [-0.25, -0.2) is 16.8 Å². The van der Waals surface area contributed by atoms with Crippen LogP contribution in [0.2, 0.25) is 5.02 Å². The first-order chi connectivity index (χ1) is 9.15. The molecule has 0 fully saturated rings. The van der Waals surface area contributed by atoms with Crippen LogP contribution in [0.25, 0.3) is 0 Å². The van der Waals surface area contributed by atoms with Gasteiger partial charge in [0.25, 0.3) is 9.05 Å². The Balaban J connectivity index is 2.71. The van der Waals surface area contributed by atoms with Gasteiger partial charge < -0.3 is 4.74 Å². The zero-order chi connectivity index (χ0) is 15.4. The molecule has 1 rings (SSSR count). The van der Waals surface area contributed by atoms with Crippen molar-refractivity contribution in [2.24, 2.45) is 0 Å². The van der Waals surface area contributed by atoms with Gasteiger partial charge >= 0.3 is 0 Å². The van der Waals surface area contributed by atoms with Crippen LogP contribution in [-0.2, 0) is 18.9 Å². The van der Waals surface area contributed by atoms with Crippen LogP contribution in [0.3, 0.4) is 0 Å². The minimum absolute atomic E-state index is 0.0466. The van der Waals surface area contributed by atoms with Gasteiger partial charge in [-0.1, -0.05) is 18.5 Å². The molecule has 0 spiro atoms. The number of ether oxygens (including phenoxy) is 1. The lowest BCUT2D eigenvalue weighted by molar-refractivity contribution is 0.341. The zero-order valence-corrected chi connectivity index (χ0v) is 13.8. The van der Waals surface area contributed by atoms with Gasteiger partial charge in [0.1, 0.15) is 12.4 Å². The van der Waals surface area contributed by atoms with Crippen molar-refractivity contribution in [3.05, 3.63) is 23.2 Å². The van der Waals surface area contributed by atoms with E-state index in [9.17, 15) is 16.8 Å². The number of hydrogen-bond acceptors (Lipinski definition) is 5. The molecule has 0 amide bonds. The Morgan fingerprint density at radius 1 is 1.15 bits per heavy atom. The Bertz CT molecular complexity index is 668. The van der Waals surface area contributed by atoms with Gasteiger partial charge in [-0.05, 0) is 24.6 Å². The van der Waals surface area contributed by atoms with Crippen LogP contribution in [0.1, 0.15) is 13.3 Å². The Kier molecular flexibility index (Phi) is 6.12. The first-order valence-corrected chi connectivity index (χ1v) is 10.2. The Morgan fingerprint density at radius 3 is 2.30 bits per heavy atom. The molecule has 0 saturated heterocycles. The molecule has 0 aliphatic carbocycles. The van der Waals surface area contributed by atoms with Crippen molar-refractivity contribution < 1.29 is 21.6 Å². The molecule has 0 radical (unpaired) electrons. The molecule has 1 aromatic rings. The highest BCUT2D eigenvalue weighted by Crippen LogP contribution is 2.28. The molecule has 0 bridgehead atoms. The van der Waals surface area contributed by atoms with Gasteiger partial charge in [-0.15, -0.1) is 0 Å². The summed E-state index contributed by atoms with van der Waals surface area (Å²) in [4.78, 5) is -0.143. The highest BCUT2D eigenvalue weighted by molar-refractivity contribution is 8.13. The number of benzene rings is 1. The van der Waals surface area contributed by atoms with Crippen molar-refractivity contribution in [3.63, 3.8) is 0 Å². The fourth-order valence-electron chi connectivity index (χ4n) is 1.44. The fraction of sp³-hybridized carbons (Fsp3) is 0.455. The van der Waals surface area contributed by atoms with E-state index < -0.39 is 18.9 Å². The average molecular weight is 361 g/mol. The van der Waals surface area contributed by atoms with Gasteiger partial charge in [0.15, 0.2) is 9.84 Å². The normalized spacial score (nSPS) is 12.3. The maximum Gasteiger partial charge on any atom is 0.261 e. The summed E-state index contributed by atoms with van der Waals surface area (Å²) in [7, 11) is -1.81.